The third-order valence-corrected chi connectivity index (χ3v) is 4.91. The van der Waals surface area contributed by atoms with Gasteiger partial charge in [0.25, 0.3) is 0 Å². The molecule has 2 N–H and O–H groups in total. The van der Waals surface area contributed by atoms with Crippen molar-refractivity contribution in [2.45, 2.75) is 10.6 Å². The number of nitrogens with two attached hydrogens (primary N) is 1. The quantitative estimate of drug-likeness (QED) is 0.852. The molecule has 2 aromatic rings. The minimum absolute atomic E-state index is 0.147. The summed E-state index contributed by atoms with van der Waals surface area (Å²) in [5.41, 5.74) is 6.58. The molecule has 3 nitrogen and oxygen atoms in total. The molecule has 0 amide bonds. The highest BCUT2D eigenvalue weighted by Gasteiger charge is 2.13. The molecule has 2 aromatic carbocycles. The molecular formula is C14H13BrFNO2S. The van der Waals surface area contributed by atoms with E-state index in [2.05, 4.69) is 15.9 Å². The van der Waals surface area contributed by atoms with Crippen LogP contribution in [0.2, 0.25) is 0 Å². The number of nitrogen functional groups attached to an aromatic ring is 1. The smallest absolute Gasteiger partial charge is 0.141 e. The van der Waals surface area contributed by atoms with Crippen molar-refractivity contribution < 1.29 is 13.3 Å². The van der Waals surface area contributed by atoms with Crippen molar-refractivity contribution in [1.82, 2.24) is 0 Å². The SMILES string of the molecule is COc1ccc(Br)c(CS(=O)c2ccc(N)cc2F)c1. The topological polar surface area (TPSA) is 52.3 Å². The van der Waals surface area contributed by atoms with Crippen LogP contribution in [0.1, 0.15) is 5.56 Å². The van der Waals surface area contributed by atoms with Gasteiger partial charge in [-0.15, -0.1) is 0 Å². The molecule has 0 aliphatic carbocycles. The summed E-state index contributed by atoms with van der Waals surface area (Å²) < 4.78 is 31.9. The molecular weight excluding hydrogens is 345 g/mol. The highest BCUT2D eigenvalue weighted by molar-refractivity contribution is 9.10. The second-order valence-corrected chi connectivity index (χ2v) is 6.41. The number of hydrogen-bond acceptors (Lipinski definition) is 3. The van der Waals surface area contributed by atoms with Crippen molar-refractivity contribution in [2.24, 2.45) is 0 Å². The van der Waals surface area contributed by atoms with Gasteiger partial charge in [0.15, 0.2) is 0 Å². The summed E-state index contributed by atoms with van der Waals surface area (Å²) >= 11 is 3.39. The van der Waals surface area contributed by atoms with Crippen LogP contribution in [0.4, 0.5) is 10.1 Å². The van der Waals surface area contributed by atoms with Gasteiger partial charge in [0.05, 0.1) is 28.6 Å². The zero-order valence-electron chi connectivity index (χ0n) is 10.7. The van der Waals surface area contributed by atoms with Crippen LogP contribution in [-0.2, 0) is 16.6 Å². The molecule has 1 unspecified atom stereocenters. The van der Waals surface area contributed by atoms with Crippen LogP contribution < -0.4 is 10.5 Å². The van der Waals surface area contributed by atoms with E-state index in [-0.39, 0.29) is 10.6 Å². The Morgan fingerprint density at radius 3 is 2.70 bits per heavy atom. The number of rotatable bonds is 4. The van der Waals surface area contributed by atoms with Crippen LogP contribution in [0.15, 0.2) is 45.8 Å². The Bertz CT molecular complexity index is 664. The maximum Gasteiger partial charge on any atom is 0.141 e. The number of halogens is 2. The first-order valence-corrected chi connectivity index (χ1v) is 7.88. The van der Waals surface area contributed by atoms with Gasteiger partial charge < -0.3 is 10.5 Å². The van der Waals surface area contributed by atoms with Crippen LogP contribution >= 0.6 is 15.9 Å². The molecule has 106 valence electrons. The van der Waals surface area contributed by atoms with Gasteiger partial charge in [-0.05, 0) is 42.0 Å². The lowest BCUT2D eigenvalue weighted by atomic mass is 10.2. The molecule has 0 saturated carbocycles. The number of methoxy groups -OCH3 is 1. The fourth-order valence-corrected chi connectivity index (χ4v) is 3.45. The maximum atomic E-state index is 13.7. The van der Waals surface area contributed by atoms with E-state index in [1.54, 1.807) is 19.2 Å². The van der Waals surface area contributed by atoms with E-state index in [4.69, 9.17) is 10.5 Å². The molecule has 0 radical (unpaired) electrons. The van der Waals surface area contributed by atoms with Gasteiger partial charge in [-0.25, -0.2) is 4.39 Å². The molecule has 0 heterocycles. The van der Waals surface area contributed by atoms with Gasteiger partial charge in [0.1, 0.15) is 11.6 Å². The summed E-state index contributed by atoms with van der Waals surface area (Å²) in [6.45, 7) is 0. The Kier molecular flexibility index (Phi) is 4.77. The number of hydrogen-bond donors (Lipinski definition) is 1. The Hall–Kier alpha value is -1.40. The number of benzene rings is 2. The second-order valence-electron chi connectivity index (χ2n) is 4.14. The van der Waals surface area contributed by atoms with Gasteiger partial charge in [-0.1, -0.05) is 15.9 Å². The van der Waals surface area contributed by atoms with E-state index in [9.17, 15) is 8.60 Å². The lowest BCUT2D eigenvalue weighted by Gasteiger charge is -2.08. The van der Waals surface area contributed by atoms with Crippen LogP contribution in [0, 0.1) is 5.82 Å². The molecule has 0 fully saturated rings. The summed E-state index contributed by atoms with van der Waals surface area (Å²) in [5.74, 6) is 0.304. The summed E-state index contributed by atoms with van der Waals surface area (Å²) in [4.78, 5) is 0.147. The third-order valence-electron chi connectivity index (χ3n) is 2.74. The van der Waals surface area contributed by atoms with E-state index in [1.807, 2.05) is 6.07 Å². The van der Waals surface area contributed by atoms with Crippen LogP contribution in [-0.4, -0.2) is 11.3 Å². The third kappa shape index (κ3) is 3.37. The molecule has 0 aliphatic rings. The molecule has 0 spiro atoms. The molecule has 1 atom stereocenters. The first-order chi connectivity index (χ1) is 9.51. The fraction of sp³-hybridized carbons (Fsp3) is 0.143. The zero-order chi connectivity index (χ0) is 14.7. The van der Waals surface area contributed by atoms with Crippen molar-refractivity contribution in [2.75, 3.05) is 12.8 Å². The average molecular weight is 358 g/mol. The lowest BCUT2D eigenvalue weighted by Crippen LogP contribution is -2.01. The van der Waals surface area contributed by atoms with Crippen molar-refractivity contribution in [3.8, 4) is 5.75 Å². The Morgan fingerprint density at radius 1 is 1.30 bits per heavy atom. The average Bonchev–Trinajstić information content (AvgIpc) is 2.41. The van der Waals surface area contributed by atoms with Crippen molar-refractivity contribution in [3.05, 3.63) is 52.3 Å². The van der Waals surface area contributed by atoms with Crippen LogP contribution in [0.5, 0.6) is 5.75 Å². The standard InChI is InChI=1S/C14H13BrFNO2S/c1-19-11-3-4-12(15)9(6-11)8-20(18)14-5-2-10(17)7-13(14)16/h2-7H,8,17H2,1H3. The second kappa shape index (κ2) is 6.37. The fourth-order valence-electron chi connectivity index (χ4n) is 1.71. The molecule has 0 aromatic heterocycles. The minimum Gasteiger partial charge on any atom is -0.497 e. The van der Waals surface area contributed by atoms with E-state index in [1.165, 1.54) is 18.2 Å². The Labute approximate surface area is 127 Å². The highest BCUT2D eigenvalue weighted by atomic mass is 79.9. The van der Waals surface area contributed by atoms with Crippen LogP contribution in [0.3, 0.4) is 0 Å². The largest absolute Gasteiger partial charge is 0.497 e. The summed E-state index contributed by atoms with van der Waals surface area (Å²) in [6, 6.07) is 9.54. The van der Waals surface area contributed by atoms with E-state index >= 15 is 0 Å². The van der Waals surface area contributed by atoms with Crippen molar-refractivity contribution in [1.29, 1.82) is 0 Å². The van der Waals surface area contributed by atoms with E-state index < -0.39 is 16.6 Å². The van der Waals surface area contributed by atoms with Crippen LogP contribution in [0.25, 0.3) is 0 Å². The predicted octanol–water partition coefficient (Wildman–Crippen LogP) is 3.49. The van der Waals surface area contributed by atoms with E-state index in [0.29, 0.717) is 11.4 Å². The molecule has 2 rings (SSSR count). The van der Waals surface area contributed by atoms with Crippen molar-refractivity contribution >= 4 is 32.4 Å². The monoisotopic (exact) mass is 357 g/mol. The van der Waals surface area contributed by atoms with Gasteiger partial charge in [0.2, 0.25) is 0 Å². The Balaban J connectivity index is 2.27. The van der Waals surface area contributed by atoms with Crippen molar-refractivity contribution in [3.63, 3.8) is 0 Å². The molecule has 0 saturated heterocycles. The zero-order valence-corrected chi connectivity index (χ0v) is 13.1. The molecule has 6 heteroatoms. The molecule has 0 bridgehead atoms. The lowest BCUT2D eigenvalue weighted by molar-refractivity contribution is 0.414. The minimum atomic E-state index is -1.49. The summed E-state index contributed by atoms with van der Waals surface area (Å²) in [6.07, 6.45) is 0. The van der Waals surface area contributed by atoms with E-state index in [0.717, 1.165) is 10.0 Å². The first-order valence-electron chi connectivity index (χ1n) is 5.77. The normalized spacial score (nSPS) is 12.2. The first kappa shape index (κ1) is 15.0. The van der Waals surface area contributed by atoms with Gasteiger partial charge >= 0.3 is 0 Å². The maximum absolute atomic E-state index is 13.7. The Morgan fingerprint density at radius 2 is 2.05 bits per heavy atom. The predicted molar refractivity (Wildman–Crippen MR) is 81.6 cm³/mol. The highest BCUT2D eigenvalue weighted by Crippen LogP contribution is 2.26. The number of ether oxygens (including phenoxy) is 1. The van der Waals surface area contributed by atoms with Gasteiger partial charge in [0, 0.05) is 10.2 Å². The molecule has 20 heavy (non-hydrogen) atoms. The molecule has 0 aliphatic heterocycles. The number of anilines is 1. The van der Waals surface area contributed by atoms with Gasteiger partial charge in [-0.2, -0.15) is 0 Å². The summed E-state index contributed by atoms with van der Waals surface area (Å²) in [5, 5.41) is 0. The van der Waals surface area contributed by atoms with Gasteiger partial charge in [-0.3, -0.25) is 4.21 Å². The summed E-state index contributed by atoms with van der Waals surface area (Å²) in [7, 11) is 0.0683.